The molecule has 0 atom stereocenters. The molecule has 0 bridgehead atoms. The number of nitrogens with zero attached hydrogens (tertiary/aromatic N) is 4. The largest absolute Gasteiger partial charge is 0.444 e. The molecule has 1 N–H and O–H groups in total. The van der Waals surface area contributed by atoms with Gasteiger partial charge >= 0.3 is 6.09 Å². The van der Waals surface area contributed by atoms with E-state index in [1.807, 2.05) is 20.8 Å². The number of hydrogen-bond donors (Lipinski definition) is 1. The first-order valence-corrected chi connectivity index (χ1v) is 14.7. The van der Waals surface area contributed by atoms with E-state index in [0.29, 0.717) is 38.0 Å². The zero-order chi connectivity index (χ0) is 27.8. The second-order valence-electron chi connectivity index (χ2n) is 11.3. The Bertz CT molecular complexity index is 1470. The number of likely N-dealkylation sites (tertiary alicyclic amines) is 1. The number of nitrogens with one attached hydrogen (secondary N) is 1. The quantitative estimate of drug-likeness (QED) is 0.514. The maximum absolute atomic E-state index is 13.7. The van der Waals surface area contributed by atoms with Crippen molar-refractivity contribution in [2.45, 2.75) is 69.0 Å². The highest BCUT2D eigenvalue weighted by Crippen LogP contribution is 2.42. The number of benzene rings is 1. The van der Waals surface area contributed by atoms with Gasteiger partial charge in [0.1, 0.15) is 11.2 Å². The van der Waals surface area contributed by atoms with Gasteiger partial charge in [0.15, 0.2) is 0 Å². The van der Waals surface area contributed by atoms with Crippen molar-refractivity contribution in [3.05, 3.63) is 66.1 Å². The van der Waals surface area contributed by atoms with Gasteiger partial charge < -0.3 is 19.4 Å². The third-order valence-electron chi connectivity index (χ3n) is 7.49. The Morgan fingerprint density at radius 3 is 2.44 bits per heavy atom. The van der Waals surface area contributed by atoms with Gasteiger partial charge in [0, 0.05) is 50.3 Å². The molecule has 0 unspecified atom stereocenters. The van der Waals surface area contributed by atoms with Gasteiger partial charge in [0.25, 0.3) is 5.91 Å². The minimum Gasteiger partial charge on any atom is -0.444 e. The number of carbonyl (C=O) groups excluding carboxylic acids is 2. The zero-order valence-corrected chi connectivity index (χ0v) is 23.4. The summed E-state index contributed by atoms with van der Waals surface area (Å²) in [7, 11) is -3.72. The molecular formula is C28H35N5O5S. The average molecular weight is 554 g/mol. The van der Waals surface area contributed by atoms with Crippen LogP contribution in [0.15, 0.2) is 59.9 Å². The number of aromatic nitrogens is 2. The van der Waals surface area contributed by atoms with Crippen LogP contribution in [0.2, 0.25) is 0 Å². The number of rotatable bonds is 5. The molecule has 5 rings (SSSR count). The van der Waals surface area contributed by atoms with Crippen molar-refractivity contribution in [1.82, 2.24) is 23.9 Å². The summed E-state index contributed by atoms with van der Waals surface area (Å²) >= 11 is 0. The van der Waals surface area contributed by atoms with E-state index in [2.05, 4.69) is 10.3 Å². The topological polar surface area (TPSA) is 113 Å². The molecule has 0 aliphatic carbocycles. The number of imidazole rings is 1. The van der Waals surface area contributed by atoms with Gasteiger partial charge in [-0.2, -0.15) is 4.31 Å². The molecule has 2 saturated heterocycles. The van der Waals surface area contributed by atoms with E-state index in [0.717, 1.165) is 24.1 Å². The summed E-state index contributed by atoms with van der Waals surface area (Å²) in [5.74, 6) is -0.223. The van der Waals surface area contributed by atoms with Crippen LogP contribution >= 0.6 is 0 Å². The number of amides is 2. The summed E-state index contributed by atoms with van der Waals surface area (Å²) in [5, 5.41) is 2.88. The molecule has 1 spiro atoms. The molecular weight excluding hydrogens is 518 g/mol. The molecule has 4 heterocycles. The smallest absolute Gasteiger partial charge is 0.410 e. The van der Waals surface area contributed by atoms with Crippen LogP contribution in [-0.2, 0) is 21.3 Å². The molecule has 2 amide bonds. The summed E-state index contributed by atoms with van der Waals surface area (Å²) in [5.41, 5.74) is 1.01. The highest BCUT2D eigenvalue weighted by Gasteiger charge is 2.49. The first kappa shape index (κ1) is 27.1. The number of piperidine rings is 1. The van der Waals surface area contributed by atoms with E-state index < -0.39 is 21.2 Å². The highest BCUT2D eigenvalue weighted by molar-refractivity contribution is 7.89. The maximum atomic E-state index is 13.7. The van der Waals surface area contributed by atoms with Crippen LogP contribution in [0.25, 0.3) is 5.65 Å². The molecule has 2 aromatic heterocycles. The lowest BCUT2D eigenvalue weighted by atomic mass is 9.86. The van der Waals surface area contributed by atoms with Gasteiger partial charge in [0.2, 0.25) is 10.0 Å². The summed E-state index contributed by atoms with van der Waals surface area (Å²) in [4.78, 5) is 31.2. The number of pyridine rings is 1. The SMILES string of the molecule is CC(C)(C)OC(=O)N1CCC2(CCCN2S(=O)(=O)c2ccc(CNC(=O)c3ccc4nccn4c3)cc2)CC1. The fraction of sp³-hybridized carbons (Fsp3) is 0.464. The van der Waals surface area contributed by atoms with Gasteiger partial charge in [-0.25, -0.2) is 18.2 Å². The van der Waals surface area contributed by atoms with Crippen molar-refractivity contribution < 1.29 is 22.7 Å². The van der Waals surface area contributed by atoms with Crippen molar-refractivity contribution in [3.63, 3.8) is 0 Å². The van der Waals surface area contributed by atoms with E-state index in [4.69, 9.17) is 4.74 Å². The monoisotopic (exact) mass is 553 g/mol. The summed E-state index contributed by atoms with van der Waals surface area (Å²) in [6, 6.07) is 10.2. The molecule has 2 aliphatic heterocycles. The van der Waals surface area contributed by atoms with Crippen LogP contribution < -0.4 is 5.32 Å². The Hall–Kier alpha value is -3.44. The van der Waals surface area contributed by atoms with E-state index in [-0.39, 0.29) is 23.4 Å². The first-order chi connectivity index (χ1) is 18.5. The summed E-state index contributed by atoms with van der Waals surface area (Å²) in [6.07, 6.45) is 7.56. The Kier molecular flexibility index (Phi) is 7.15. The standard InChI is InChI=1S/C28H35N5O5S/c1-27(2,3)38-26(35)31-16-12-28(13-17-31)11-4-15-33(28)39(36,37)23-8-5-21(6-9-23)19-30-25(34)22-7-10-24-29-14-18-32(24)20-22/h5-10,14,18,20H,4,11-13,15-17,19H2,1-3H3,(H,30,34). The Morgan fingerprint density at radius 1 is 1.03 bits per heavy atom. The van der Waals surface area contributed by atoms with Crippen LogP contribution in [0.4, 0.5) is 4.79 Å². The van der Waals surface area contributed by atoms with E-state index in [9.17, 15) is 18.0 Å². The molecule has 10 nitrogen and oxygen atoms in total. The molecule has 3 aromatic rings. The predicted octanol–water partition coefficient (Wildman–Crippen LogP) is 3.82. The lowest BCUT2D eigenvalue weighted by molar-refractivity contribution is 0.0113. The molecule has 1 aromatic carbocycles. The summed E-state index contributed by atoms with van der Waals surface area (Å²) < 4.78 is 36.3. The van der Waals surface area contributed by atoms with Gasteiger partial charge in [0.05, 0.1) is 10.5 Å². The third-order valence-corrected chi connectivity index (χ3v) is 9.51. The van der Waals surface area contributed by atoms with Crippen LogP contribution in [-0.4, -0.2) is 69.8 Å². The number of ether oxygens (including phenoxy) is 1. The predicted molar refractivity (Wildman–Crippen MR) is 146 cm³/mol. The van der Waals surface area contributed by atoms with Crippen molar-refractivity contribution in [2.75, 3.05) is 19.6 Å². The molecule has 39 heavy (non-hydrogen) atoms. The number of carbonyl (C=O) groups is 2. The average Bonchev–Trinajstić information content (AvgIpc) is 3.54. The number of sulfonamides is 1. The van der Waals surface area contributed by atoms with Gasteiger partial charge in [-0.1, -0.05) is 12.1 Å². The van der Waals surface area contributed by atoms with Crippen molar-refractivity contribution in [3.8, 4) is 0 Å². The van der Waals surface area contributed by atoms with Crippen molar-refractivity contribution >= 4 is 27.7 Å². The minimum absolute atomic E-state index is 0.223. The Balaban J connectivity index is 1.22. The molecule has 0 saturated carbocycles. The second kappa shape index (κ2) is 10.3. The van der Waals surface area contributed by atoms with Crippen molar-refractivity contribution in [2.24, 2.45) is 0 Å². The third kappa shape index (κ3) is 5.65. The van der Waals surface area contributed by atoms with Crippen LogP contribution in [0.3, 0.4) is 0 Å². The molecule has 208 valence electrons. The van der Waals surface area contributed by atoms with E-state index >= 15 is 0 Å². The lowest BCUT2D eigenvalue weighted by Gasteiger charge is -2.44. The minimum atomic E-state index is -3.72. The van der Waals surface area contributed by atoms with Gasteiger partial charge in [-0.15, -0.1) is 0 Å². The number of hydrogen-bond acceptors (Lipinski definition) is 6. The zero-order valence-electron chi connectivity index (χ0n) is 22.6. The fourth-order valence-electron chi connectivity index (χ4n) is 5.47. The van der Waals surface area contributed by atoms with Crippen LogP contribution in [0, 0.1) is 0 Å². The van der Waals surface area contributed by atoms with Crippen LogP contribution in [0.1, 0.15) is 62.4 Å². The second-order valence-corrected chi connectivity index (χ2v) is 13.2. The van der Waals surface area contributed by atoms with E-state index in [1.165, 1.54) is 0 Å². The lowest BCUT2D eigenvalue weighted by Crippen LogP contribution is -2.55. The van der Waals surface area contributed by atoms with Gasteiger partial charge in [-0.05, 0) is 76.3 Å². The van der Waals surface area contributed by atoms with Crippen molar-refractivity contribution in [1.29, 1.82) is 0 Å². The summed E-state index contributed by atoms with van der Waals surface area (Å²) in [6.45, 7) is 7.18. The molecule has 2 aliphatic rings. The molecule has 0 radical (unpaired) electrons. The maximum Gasteiger partial charge on any atom is 0.410 e. The highest BCUT2D eigenvalue weighted by atomic mass is 32.2. The van der Waals surface area contributed by atoms with E-state index in [1.54, 1.807) is 68.6 Å². The normalized spacial score (nSPS) is 18.0. The first-order valence-electron chi connectivity index (χ1n) is 13.3. The fourth-order valence-corrected chi connectivity index (χ4v) is 7.35. The Morgan fingerprint density at radius 2 is 1.74 bits per heavy atom. The van der Waals surface area contributed by atoms with Crippen LogP contribution in [0.5, 0.6) is 0 Å². The molecule has 11 heteroatoms. The number of fused-ring (bicyclic) bond motifs is 1. The Labute approximate surface area is 229 Å². The molecule has 2 fully saturated rings. The van der Waals surface area contributed by atoms with Gasteiger partial charge in [-0.3, -0.25) is 4.79 Å².